The zero-order valence-electron chi connectivity index (χ0n) is 16.8. The van der Waals surface area contributed by atoms with Crippen molar-refractivity contribution in [1.82, 2.24) is 19.3 Å². The van der Waals surface area contributed by atoms with E-state index in [9.17, 15) is 13.2 Å². The van der Waals surface area contributed by atoms with Gasteiger partial charge in [0, 0.05) is 44.6 Å². The molecule has 1 aliphatic rings. The first-order valence-corrected chi connectivity index (χ1v) is 12.4. The summed E-state index contributed by atoms with van der Waals surface area (Å²) in [5.41, 5.74) is 2.00. The number of rotatable bonds is 6. The lowest BCUT2D eigenvalue weighted by Gasteiger charge is -2.33. The largest absolute Gasteiger partial charge is 0.340 e. The number of hydrogen-bond donors (Lipinski definition) is 0. The lowest BCUT2D eigenvalue weighted by atomic mass is 10.1. The van der Waals surface area contributed by atoms with E-state index in [1.807, 2.05) is 31.2 Å². The Morgan fingerprint density at radius 3 is 2.48 bits per heavy atom. The van der Waals surface area contributed by atoms with E-state index in [4.69, 9.17) is 16.1 Å². The van der Waals surface area contributed by atoms with E-state index in [0.717, 1.165) is 22.5 Å². The predicted molar refractivity (Wildman–Crippen MR) is 117 cm³/mol. The lowest BCUT2D eigenvalue weighted by Crippen LogP contribution is -2.50. The molecule has 0 aliphatic carbocycles. The summed E-state index contributed by atoms with van der Waals surface area (Å²) >= 11 is 6.90. The quantitative estimate of drug-likeness (QED) is 0.537. The fraction of sp³-hybridized carbons (Fsp3) is 0.350. The van der Waals surface area contributed by atoms with Gasteiger partial charge in [-0.2, -0.15) is 9.29 Å². The van der Waals surface area contributed by atoms with E-state index < -0.39 is 10.0 Å². The number of piperazine rings is 1. The second kappa shape index (κ2) is 9.07. The number of aromatic nitrogens is 2. The molecule has 4 rings (SSSR count). The minimum Gasteiger partial charge on any atom is -0.340 e. The van der Waals surface area contributed by atoms with E-state index >= 15 is 0 Å². The normalized spacial score (nSPS) is 15.4. The van der Waals surface area contributed by atoms with Crippen LogP contribution in [-0.4, -0.2) is 59.8 Å². The third kappa shape index (κ3) is 4.98. The zero-order chi connectivity index (χ0) is 22.0. The van der Waals surface area contributed by atoms with Gasteiger partial charge in [0.1, 0.15) is 4.21 Å². The number of aryl methyl sites for hydroxylation is 2. The topological polar surface area (TPSA) is 96.6 Å². The number of thiophene rings is 1. The number of benzene rings is 1. The maximum absolute atomic E-state index is 12.7. The highest BCUT2D eigenvalue weighted by Crippen LogP contribution is 2.28. The van der Waals surface area contributed by atoms with Crippen molar-refractivity contribution in [2.75, 3.05) is 26.2 Å². The summed E-state index contributed by atoms with van der Waals surface area (Å²) in [6.45, 7) is 3.19. The number of halogens is 1. The minimum atomic E-state index is -3.58. The molecule has 2 aromatic heterocycles. The Hall–Kier alpha value is -2.27. The van der Waals surface area contributed by atoms with Crippen LogP contribution in [0.2, 0.25) is 4.34 Å². The van der Waals surface area contributed by atoms with E-state index in [2.05, 4.69) is 10.1 Å². The maximum atomic E-state index is 12.7. The number of nitrogens with zero attached hydrogens (tertiary/aromatic N) is 4. The second-order valence-corrected chi connectivity index (χ2v) is 11.1. The average molecular weight is 481 g/mol. The first kappa shape index (κ1) is 21.9. The van der Waals surface area contributed by atoms with Crippen LogP contribution in [0.5, 0.6) is 0 Å². The molecule has 1 aliphatic heterocycles. The Balaban J connectivity index is 1.29. The van der Waals surface area contributed by atoms with Gasteiger partial charge in [-0.05, 0) is 19.1 Å². The Morgan fingerprint density at radius 2 is 1.84 bits per heavy atom. The molecule has 0 unspecified atom stereocenters. The Morgan fingerprint density at radius 1 is 1.13 bits per heavy atom. The maximum Gasteiger partial charge on any atom is 0.252 e. The van der Waals surface area contributed by atoms with Gasteiger partial charge in [0.25, 0.3) is 10.0 Å². The molecule has 0 atom stereocenters. The third-order valence-electron chi connectivity index (χ3n) is 5.06. The van der Waals surface area contributed by atoms with Crippen molar-refractivity contribution >= 4 is 38.9 Å². The van der Waals surface area contributed by atoms with Gasteiger partial charge < -0.3 is 9.42 Å². The van der Waals surface area contributed by atoms with Gasteiger partial charge in [-0.3, -0.25) is 4.79 Å². The van der Waals surface area contributed by atoms with E-state index in [-0.39, 0.29) is 29.6 Å². The highest BCUT2D eigenvalue weighted by atomic mass is 35.5. The Labute approximate surface area is 189 Å². The van der Waals surface area contributed by atoms with E-state index in [1.165, 1.54) is 10.4 Å². The molecule has 3 heterocycles. The summed E-state index contributed by atoms with van der Waals surface area (Å²) in [4.78, 5) is 18.6. The Kier molecular flexibility index (Phi) is 6.42. The van der Waals surface area contributed by atoms with Crippen LogP contribution in [0.3, 0.4) is 0 Å². The van der Waals surface area contributed by atoms with Crippen LogP contribution >= 0.6 is 22.9 Å². The monoisotopic (exact) mass is 480 g/mol. The molecule has 11 heteroatoms. The summed E-state index contributed by atoms with van der Waals surface area (Å²) < 4.78 is 32.7. The lowest BCUT2D eigenvalue weighted by molar-refractivity contribution is -0.132. The van der Waals surface area contributed by atoms with Crippen molar-refractivity contribution in [3.8, 4) is 11.4 Å². The zero-order valence-corrected chi connectivity index (χ0v) is 19.2. The summed E-state index contributed by atoms with van der Waals surface area (Å²) in [6, 6.07) is 10.9. The van der Waals surface area contributed by atoms with Crippen molar-refractivity contribution in [2.24, 2.45) is 0 Å². The van der Waals surface area contributed by atoms with Gasteiger partial charge in [-0.15, -0.1) is 11.3 Å². The smallest absolute Gasteiger partial charge is 0.252 e. The SMILES string of the molecule is Cc1ccc(-c2noc(CCC(=O)N3CCN(S(=O)(=O)c4ccc(Cl)s4)CC3)n2)cc1. The van der Waals surface area contributed by atoms with Crippen LogP contribution in [0.25, 0.3) is 11.4 Å². The standard InChI is InChI=1S/C20H21ClN4O4S2/c1-14-2-4-15(5-3-14)20-22-17(29-23-20)7-8-18(26)24-10-12-25(13-11-24)31(27,28)19-9-6-16(21)30-19/h2-6,9H,7-8,10-13H2,1H3. The fourth-order valence-corrected chi connectivity index (χ4v) is 6.35. The van der Waals surface area contributed by atoms with E-state index in [0.29, 0.717) is 35.6 Å². The van der Waals surface area contributed by atoms with Crippen LogP contribution in [0.1, 0.15) is 17.9 Å². The first-order chi connectivity index (χ1) is 14.8. The highest BCUT2D eigenvalue weighted by Gasteiger charge is 2.31. The highest BCUT2D eigenvalue weighted by molar-refractivity contribution is 7.91. The molecule has 1 fully saturated rings. The first-order valence-electron chi connectivity index (χ1n) is 9.76. The number of amides is 1. The predicted octanol–water partition coefficient (Wildman–Crippen LogP) is 3.23. The minimum absolute atomic E-state index is 0.0636. The van der Waals surface area contributed by atoms with Gasteiger partial charge in [-0.1, -0.05) is 46.6 Å². The molecule has 0 radical (unpaired) electrons. The summed E-state index contributed by atoms with van der Waals surface area (Å²) in [5.74, 6) is 0.834. The second-order valence-electron chi connectivity index (χ2n) is 7.22. The molecule has 0 saturated carbocycles. The molecule has 0 bridgehead atoms. The summed E-state index contributed by atoms with van der Waals surface area (Å²) in [6.07, 6.45) is 0.562. The number of hydrogen-bond acceptors (Lipinski definition) is 7. The van der Waals surface area contributed by atoms with Crippen molar-refractivity contribution in [3.63, 3.8) is 0 Å². The molecule has 1 amide bonds. The van der Waals surface area contributed by atoms with Gasteiger partial charge in [0.2, 0.25) is 17.6 Å². The number of carbonyl (C=O) groups excluding carboxylic acids is 1. The number of sulfonamides is 1. The van der Waals surface area contributed by atoms with Crippen LogP contribution in [0.15, 0.2) is 45.1 Å². The van der Waals surface area contributed by atoms with Crippen LogP contribution in [-0.2, 0) is 21.2 Å². The van der Waals surface area contributed by atoms with Gasteiger partial charge in [0.15, 0.2) is 0 Å². The van der Waals surface area contributed by atoms with Gasteiger partial charge in [-0.25, -0.2) is 8.42 Å². The van der Waals surface area contributed by atoms with Crippen molar-refractivity contribution in [3.05, 3.63) is 52.2 Å². The molecule has 0 spiro atoms. The molecule has 0 N–H and O–H groups in total. The van der Waals surface area contributed by atoms with Crippen molar-refractivity contribution < 1.29 is 17.7 Å². The molecule has 1 saturated heterocycles. The average Bonchev–Trinajstić information content (AvgIpc) is 3.42. The van der Waals surface area contributed by atoms with Crippen molar-refractivity contribution in [2.45, 2.75) is 24.0 Å². The number of carbonyl (C=O) groups is 1. The van der Waals surface area contributed by atoms with Crippen molar-refractivity contribution in [1.29, 1.82) is 0 Å². The molecular formula is C20H21ClN4O4S2. The van der Waals surface area contributed by atoms with Crippen LogP contribution < -0.4 is 0 Å². The third-order valence-corrected chi connectivity index (χ3v) is 8.66. The van der Waals surface area contributed by atoms with Gasteiger partial charge >= 0.3 is 0 Å². The molecular weight excluding hydrogens is 460 g/mol. The molecule has 1 aromatic carbocycles. The molecule has 8 nitrogen and oxygen atoms in total. The van der Waals surface area contributed by atoms with E-state index in [1.54, 1.807) is 11.0 Å². The summed E-state index contributed by atoms with van der Waals surface area (Å²) in [5, 5.41) is 3.98. The fourth-order valence-electron chi connectivity index (χ4n) is 3.29. The molecule has 164 valence electrons. The van der Waals surface area contributed by atoms with Crippen LogP contribution in [0.4, 0.5) is 0 Å². The summed E-state index contributed by atoms with van der Waals surface area (Å²) in [7, 11) is -3.58. The van der Waals surface area contributed by atoms with Gasteiger partial charge in [0.05, 0.1) is 4.34 Å². The van der Waals surface area contributed by atoms with Crippen LogP contribution in [0, 0.1) is 6.92 Å². The molecule has 31 heavy (non-hydrogen) atoms. The Bertz CT molecular complexity index is 1170. The molecule has 3 aromatic rings.